The zero-order chi connectivity index (χ0) is 17.8. The van der Waals surface area contributed by atoms with Crippen molar-refractivity contribution < 1.29 is 0 Å². The average Bonchev–Trinajstić information content (AvgIpc) is 2.59. The van der Waals surface area contributed by atoms with Gasteiger partial charge < -0.3 is 10.6 Å². The van der Waals surface area contributed by atoms with Crippen LogP contribution in [0.5, 0.6) is 0 Å². The lowest BCUT2D eigenvalue weighted by atomic mass is 10.1. The van der Waals surface area contributed by atoms with Crippen LogP contribution >= 0.6 is 11.6 Å². The average molecular weight is 354 g/mol. The predicted molar refractivity (Wildman–Crippen MR) is 104 cm³/mol. The standard InChI is InChI=1S/C19H20ClN5/c1-4-22-19-23-16(14-6-5-7-21-11-14)10-17(25-19)24-18-12(2)8-15(20)9-13(18)3/h5-11H,4H2,1-3H3,(H2,22,23,24,25). The van der Waals surface area contributed by atoms with Crippen LogP contribution in [0.2, 0.25) is 5.02 Å². The fraction of sp³-hybridized carbons (Fsp3) is 0.211. The summed E-state index contributed by atoms with van der Waals surface area (Å²) in [7, 11) is 0. The van der Waals surface area contributed by atoms with Crippen molar-refractivity contribution in [1.82, 2.24) is 15.0 Å². The van der Waals surface area contributed by atoms with E-state index in [1.807, 2.05) is 51.1 Å². The monoisotopic (exact) mass is 353 g/mol. The Morgan fingerprint density at radius 1 is 1.08 bits per heavy atom. The minimum absolute atomic E-state index is 0.579. The molecule has 0 aliphatic carbocycles. The molecule has 0 fully saturated rings. The van der Waals surface area contributed by atoms with Crippen LogP contribution < -0.4 is 10.6 Å². The first kappa shape index (κ1) is 17.2. The first-order chi connectivity index (χ1) is 12.1. The molecule has 0 saturated heterocycles. The third kappa shape index (κ3) is 4.06. The summed E-state index contributed by atoms with van der Waals surface area (Å²) in [6.07, 6.45) is 3.54. The maximum atomic E-state index is 6.13. The largest absolute Gasteiger partial charge is 0.354 e. The summed E-state index contributed by atoms with van der Waals surface area (Å²) in [6.45, 7) is 6.81. The second-order valence-electron chi connectivity index (χ2n) is 5.77. The molecule has 6 heteroatoms. The van der Waals surface area contributed by atoms with Gasteiger partial charge in [-0.15, -0.1) is 0 Å². The highest BCUT2D eigenvalue weighted by Crippen LogP contribution is 2.29. The number of pyridine rings is 1. The Bertz CT molecular complexity index is 857. The Morgan fingerprint density at radius 3 is 2.48 bits per heavy atom. The second kappa shape index (κ2) is 7.49. The van der Waals surface area contributed by atoms with E-state index in [-0.39, 0.29) is 0 Å². The molecule has 0 aliphatic rings. The van der Waals surface area contributed by atoms with E-state index in [1.54, 1.807) is 12.4 Å². The van der Waals surface area contributed by atoms with Gasteiger partial charge in [-0.05, 0) is 56.2 Å². The van der Waals surface area contributed by atoms with Gasteiger partial charge in [-0.2, -0.15) is 4.98 Å². The first-order valence-electron chi connectivity index (χ1n) is 8.14. The number of rotatable bonds is 5. The molecule has 25 heavy (non-hydrogen) atoms. The summed E-state index contributed by atoms with van der Waals surface area (Å²) in [6, 6.07) is 9.67. The van der Waals surface area contributed by atoms with Crippen molar-refractivity contribution in [3.8, 4) is 11.3 Å². The van der Waals surface area contributed by atoms with E-state index in [0.29, 0.717) is 5.95 Å². The maximum Gasteiger partial charge on any atom is 0.225 e. The number of benzene rings is 1. The normalized spacial score (nSPS) is 10.6. The topological polar surface area (TPSA) is 62.7 Å². The van der Waals surface area contributed by atoms with Gasteiger partial charge in [0.2, 0.25) is 5.95 Å². The molecule has 5 nitrogen and oxygen atoms in total. The molecule has 3 aromatic rings. The minimum atomic E-state index is 0.579. The van der Waals surface area contributed by atoms with E-state index in [1.165, 1.54) is 0 Å². The molecule has 2 heterocycles. The highest BCUT2D eigenvalue weighted by molar-refractivity contribution is 6.30. The summed E-state index contributed by atoms with van der Waals surface area (Å²) >= 11 is 6.13. The van der Waals surface area contributed by atoms with Crippen LogP contribution in [0.4, 0.5) is 17.5 Å². The lowest BCUT2D eigenvalue weighted by Crippen LogP contribution is -2.06. The number of anilines is 3. The van der Waals surface area contributed by atoms with E-state index in [0.717, 1.165) is 45.5 Å². The Hall–Kier alpha value is -2.66. The fourth-order valence-electron chi connectivity index (χ4n) is 2.65. The summed E-state index contributed by atoms with van der Waals surface area (Å²) < 4.78 is 0. The van der Waals surface area contributed by atoms with Crippen molar-refractivity contribution in [2.24, 2.45) is 0 Å². The number of halogens is 1. The molecule has 0 aliphatic heterocycles. The van der Waals surface area contributed by atoms with Gasteiger partial charge in [0.1, 0.15) is 5.82 Å². The molecular formula is C19H20ClN5. The Balaban J connectivity index is 2.03. The molecule has 2 N–H and O–H groups in total. The van der Waals surface area contributed by atoms with Gasteiger partial charge in [0.05, 0.1) is 5.69 Å². The molecule has 0 saturated carbocycles. The fourth-order valence-corrected chi connectivity index (χ4v) is 2.97. The lowest BCUT2D eigenvalue weighted by molar-refractivity contribution is 1.09. The third-order valence-corrected chi connectivity index (χ3v) is 3.99. The van der Waals surface area contributed by atoms with Crippen molar-refractivity contribution in [3.63, 3.8) is 0 Å². The summed E-state index contributed by atoms with van der Waals surface area (Å²) in [4.78, 5) is 13.3. The molecule has 0 bridgehead atoms. The molecule has 0 atom stereocenters. The van der Waals surface area contributed by atoms with Gasteiger partial charge in [0, 0.05) is 41.3 Å². The van der Waals surface area contributed by atoms with Crippen LogP contribution in [0.15, 0.2) is 42.7 Å². The van der Waals surface area contributed by atoms with E-state index in [2.05, 4.69) is 25.6 Å². The summed E-state index contributed by atoms with van der Waals surface area (Å²) in [5.41, 5.74) is 4.89. The summed E-state index contributed by atoms with van der Waals surface area (Å²) in [5, 5.41) is 7.31. The molecule has 2 aromatic heterocycles. The molecule has 128 valence electrons. The molecule has 0 unspecified atom stereocenters. The number of nitrogens with zero attached hydrogens (tertiary/aromatic N) is 3. The molecule has 0 amide bonds. The van der Waals surface area contributed by atoms with Crippen molar-refractivity contribution in [2.45, 2.75) is 20.8 Å². The van der Waals surface area contributed by atoms with Gasteiger partial charge in [-0.25, -0.2) is 4.98 Å². The molecule has 3 rings (SSSR count). The number of hydrogen-bond donors (Lipinski definition) is 2. The maximum absolute atomic E-state index is 6.13. The van der Waals surface area contributed by atoms with Gasteiger partial charge in [0.15, 0.2) is 0 Å². The van der Waals surface area contributed by atoms with Crippen molar-refractivity contribution in [1.29, 1.82) is 0 Å². The highest BCUT2D eigenvalue weighted by Gasteiger charge is 2.10. The number of nitrogens with one attached hydrogen (secondary N) is 2. The lowest BCUT2D eigenvalue weighted by Gasteiger charge is -2.14. The molecule has 0 radical (unpaired) electrons. The number of hydrogen-bond acceptors (Lipinski definition) is 5. The van der Waals surface area contributed by atoms with E-state index >= 15 is 0 Å². The SMILES string of the molecule is CCNc1nc(Nc2c(C)cc(Cl)cc2C)cc(-c2cccnc2)n1. The zero-order valence-electron chi connectivity index (χ0n) is 14.5. The van der Waals surface area contributed by atoms with Gasteiger partial charge in [-0.3, -0.25) is 4.98 Å². The van der Waals surface area contributed by atoms with Crippen LogP contribution in [-0.4, -0.2) is 21.5 Å². The van der Waals surface area contributed by atoms with Crippen LogP contribution in [-0.2, 0) is 0 Å². The minimum Gasteiger partial charge on any atom is -0.354 e. The second-order valence-corrected chi connectivity index (χ2v) is 6.21. The first-order valence-corrected chi connectivity index (χ1v) is 8.51. The zero-order valence-corrected chi connectivity index (χ0v) is 15.2. The Labute approximate surface area is 152 Å². The van der Waals surface area contributed by atoms with Gasteiger partial charge in [-0.1, -0.05) is 11.6 Å². The van der Waals surface area contributed by atoms with E-state index in [4.69, 9.17) is 11.6 Å². The van der Waals surface area contributed by atoms with Crippen LogP contribution in [0.25, 0.3) is 11.3 Å². The molecule has 1 aromatic carbocycles. The molecular weight excluding hydrogens is 334 g/mol. The highest BCUT2D eigenvalue weighted by atomic mass is 35.5. The smallest absolute Gasteiger partial charge is 0.225 e. The van der Waals surface area contributed by atoms with Crippen molar-refractivity contribution >= 4 is 29.1 Å². The van der Waals surface area contributed by atoms with Crippen molar-refractivity contribution in [2.75, 3.05) is 17.2 Å². The predicted octanol–water partition coefficient (Wildman–Crippen LogP) is 4.98. The van der Waals surface area contributed by atoms with Gasteiger partial charge in [0.25, 0.3) is 0 Å². The van der Waals surface area contributed by atoms with Crippen LogP contribution in [0.3, 0.4) is 0 Å². The van der Waals surface area contributed by atoms with Crippen LogP contribution in [0, 0.1) is 13.8 Å². The Morgan fingerprint density at radius 2 is 1.84 bits per heavy atom. The quantitative estimate of drug-likeness (QED) is 0.677. The number of aromatic nitrogens is 3. The van der Waals surface area contributed by atoms with Gasteiger partial charge >= 0.3 is 0 Å². The number of aryl methyl sites for hydroxylation is 2. The van der Waals surface area contributed by atoms with E-state index in [9.17, 15) is 0 Å². The third-order valence-electron chi connectivity index (χ3n) is 3.77. The Kier molecular flexibility index (Phi) is 5.14. The molecule has 0 spiro atoms. The van der Waals surface area contributed by atoms with Crippen molar-refractivity contribution in [3.05, 3.63) is 58.9 Å². The van der Waals surface area contributed by atoms with Crippen LogP contribution in [0.1, 0.15) is 18.1 Å². The van der Waals surface area contributed by atoms with E-state index < -0.39 is 0 Å². The summed E-state index contributed by atoms with van der Waals surface area (Å²) in [5.74, 6) is 1.30.